The lowest BCUT2D eigenvalue weighted by molar-refractivity contribution is -0.164. The Bertz CT molecular complexity index is 1030. The largest absolute Gasteiger partial charge is 0.489 e. The van der Waals surface area contributed by atoms with Crippen molar-refractivity contribution >= 4 is 23.8 Å². The van der Waals surface area contributed by atoms with E-state index in [0.29, 0.717) is 17.9 Å². The monoisotopic (exact) mass is 513 g/mol. The molecule has 0 aromatic heterocycles. The van der Waals surface area contributed by atoms with Crippen molar-refractivity contribution in [2.75, 3.05) is 13.2 Å². The Morgan fingerprint density at radius 3 is 1.89 bits per heavy atom. The standard InChI is InChI=1S/C28H35NO8/c1-6-34-25(31)23(26(32)35-7-2)24(30)22(29-27(33)37-28(3,4)5)17-19-13-15-21(16-14-19)36-18-20-11-9-8-10-12-20/h8-16,22-23H,6-7,17-18H2,1-5H3,(H,29,33)/t22-/m0/s1. The molecule has 1 N–H and O–H groups in total. The highest BCUT2D eigenvalue weighted by Crippen LogP contribution is 2.18. The Kier molecular flexibility index (Phi) is 11.1. The molecule has 37 heavy (non-hydrogen) atoms. The third-order valence-corrected chi connectivity index (χ3v) is 4.98. The summed E-state index contributed by atoms with van der Waals surface area (Å²) in [5, 5.41) is 2.50. The second-order valence-electron chi connectivity index (χ2n) is 9.16. The maximum absolute atomic E-state index is 13.4. The summed E-state index contributed by atoms with van der Waals surface area (Å²) in [6.07, 6.45) is -0.869. The molecule has 0 aliphatic rings. The lowest BCUT2D eigenvalue weighted by Crippen LogP contribution is -2.50. The van der Waals surface area contributed by atoms with Crippen molar-refractivity contribution < 1.29 is 38.1 Å². The fourth-order valence-corrected chi connectivity index (χ4v) is 3.35. The van der Waals surface area contributed by atoms with Crippen LogP contribution in [-0.2, 0) is 41.6 Å². The van der Waals surface area contributed by atoms with E-state index in [2.05, 4.69) is 5.32 Å². The van der Waals surface area contributed by atoms with Crippen LogP contribution in [0.25, 0.3) is 0 Å². The number of ketones is 1. The number of alkyl carbamates (subject to hydrolysis) is 1. The zero-order valence-corrected chi connectivity index (χ0v) is 21.9. The Labute approximate surface area is 217 Å². The molecule has 0 radical (unpaired) electrons. The number of benzene rings is 2. The average molecular weight is 514 g/mol. The Morgan fingerprint density at radius 1 is 0.811 bits per heavy atom. The smallest absolute Gasteiger partial charge is 0.408 e. The number of carbonyl (C=O) groups excluding carboxylic acids is 4. The normalized spacial score (nSPS) is 11.8. The van der Waals surface area contributed by atoms with Gasteiger partial charge in [0.1, 0.15) is 18.0 Å². The van der Waals surface area contributed by atoms with Crippen LogP contribution in [-0.4, -0.2) is 48.7 Å². The van der Waals surface area contributed by atoms with Crippen molar-refractivity contribution in [3.8, 4) is 5.75 Å². The molecular formula is C28H35NO8. The van der Waals surface area contributed by atoms with Gasteiger partial charge in [-0.15, -0.1) is 0 Å². The highest BCUT2D eigenvalue weighted by molar-refractivity contribution is 6.17. The van der Waals surface area contributed by atoms with Crippen molar-refractivity contribution in [2.24, 2.45) is 5.92 Å². The number of ether oxygens (including phenoxy) is 4. The SMILES string of the molecule is CCOC(=O)C(C(=O)OCC)C(=O)[C@H](Cc1ccc(OCc2ccccc2)cc1)NC(=O)OC(C)(C)C. The van der Waals surface area contributed by atoms with Crippen LogP contribution in [0.3, 0.4) is 0 Å². The number of Topliss-reactive ketones (excluding diaryl/α,β-unsaturated/α-hetero) is 1. The first-order valence-electron chi connectivity index (χ1n) is 12.2. The van der Waals surface area contributed by atoms with Gasteiger partial charge in [-0.3, -0.25) is 14.4 Å². The molecule has 0 bridgehead atoms. The van der Waals surface area contributed by atoms with Crippen LogP contribution in [0.5, 0.6) is 5.75 Å². The van der Waals surface area contributed by atoms with Crippen LogP contribution in [0.4, 0.5) is 4.79 Å². The fourth-order valence-electron chi connectivity index (χ4n) is 3.35. The van der Waals surface area contributed by atoms with Crippen LogP contribution >= 0.6 is 0 Å². The van der Waals surface area contributed by atoms with E-state index < -0.39 is 41.4 Å². The van der Waals surface area contributed by atoms with Gasteiger partial charge < -0.3 is 24.3 Å². The van der Waals surface area contributed by atoms with E-state index in [1.54, 1.807) is 58.9 Å². The second-order valence-corrected chi connectivity index (χ2v) is 9.16. The molecule has 2 rings (SSSR count). The third-order valence-electron chi connectivity index (χ3n) is 4.98. The summed E-state index contributed by atoms with van der Waals surface area (Å²) in [5.74, 6) is -4.15. The van der Waals surface area contributed by atoms with E-state index in [1.165, 1.54) is 0 Å². The summed E-state index contributed by atoms with van der Waals surface area (Å²) in [5.41, 5.74) is 0.854. The molecule has 0 aliphatic carbocycles. The molecule has 1 amide bonds. The van der Waals surface area contributed by atoms with E-state index in [4.69, 9.17) is 18.9 Å². The first kappa shape index (κ1) is 29.4. The van der Waals surface area contributed by atoms with E-state index in [1.807, 2.05) is 30.3 Å². The quantitative estimate of drug-likeness (QED) is 0.257. The van der Waals surface area contributed by atoms with Crippen LogP contribution in [0.1, 0.15) is 45.7 Å². The highest BCUT2D eigenvalue weighted by Gasteiger charge is 2.41. The highest BCUT2D eigenvalue weighted by atomic mass is 16.6. The molecule has 0 aliphatic heterocycles. The van der Waals surface area contributed by atoms with E-state index in [0.717, 1.165) is 5.56 Å². The van der Waals surface area contributed by atoms with Gasteiger partial charge in [-0.1, -0.05) is 42.5 Å². The van der Waals surface area contributed by atoms with Crippen LogP contribution in [0, 0.1) is 5.92 Å². The topological polar surface area (TPSA) is 117 Å². The number of carbonyl (C=O) groups is 4. The molecule has 0 saturated carbocycles. The van der Waals surface area contributed by atoms with Crippen LogP contribution in [0.15, 0.2) is 54.6 Å². The molecule has 0 spiro atoms. The maximum Gasteiger partial charge on any atom is 0.408 e. The van der Waals surface area contributed by atoms with Crippen molar-refractivity contribution in [3.05, 3.63) is 65.7 Å². The summed E-state index contributed by atoms with van der Waals surface area (Å²) in [4.78, 5) is 50.9. The van der Waals surface area contributed by atoms with Crippen molar-refractivity contribution in [3.63, 3.8) is 0 Å². The van der Waals surface area contributed by atoms with Gasteiger partial charge in [-0.25, -0.2) is 4.79 Å². The summed E-state index contributed by atoms with van der Waals surface area (Å²) in [6.45, 7) is 8.48. The first-order valence-corrected chi connectivity index (χ1v) is 12.2. The lowest BCUT2D eigenvalue weighted by Gasteiger charge is -2.25. The van der Waals surface area contributed by atoms with Crippen LogP contribution in [0.2, 0.25) is 0 Å². The molecule has 1 atom stereocenters. The predicted octanol–water partition coefficient (Wildman–Crippen LogP) is 4.01. The summed E-state index contributed by atoms with van der Waals surface area (Å²) in [7, 11) is 0. The molecular weight excluding hydrogens is 478 g/mol. The minimum atomic E-state index is -1.84. The average Bonchev–Trinajstić information content (AvgIpc) is 2.83. The predicted molar refractivity (Wildman–Crippen MR) is 136 cm³/mol. The maximum atomic E-state index is 13.4. The zero-order chi connectivity index (χ0) is 27.4. The summed E-state index contributed by atoms with van der Waals surface area (Å²) in [6, 6.07) is 15.4. The molecule has 2 aromatic rings. The molecule has 2 aromatic carbocycles. The Balaban J connectivity index is 2.23. The van der Waals surface area contributed by atoms with Gasteiger partial charge in [0.05, 0.1) is 19.3 Å². The number of hydrogen-bond acceptors (Lipinski definition) is 8. The van der Waals surface area contributed by atoms with Gasteiger partial charge in [0.15, 0.2) is 5.78 Å². The van der Waals surface area contributed by atoms with E-state index in [9.17, 15) is 19.2 Å². The van der Waals surface area contributed by atoms with E-state index in [-0.39, 0.29) is 19.6 Å². The van der Waals surface area contributed by atoms with Gasteiger partial charge in [0, 0.05) is 0 Å². The van der Waals surface area contributed by atoms with Gasteiger partial charge >= 0.3 is 18.0 Å². The summed E-state index contributed by atoms with van der Waals surface area (Å²) >= 11 is 0. The molecule has 9 heteroatoms. The van der Waals surface area contributed by atoms with Gasteiger partial charge in [0.2, 0.25) is 5.92 Å². The summed E-state index contributed by atoms with van der Waals surface area (Å²) < 4.78 is 21.0. The van der Waals surface area contributed by atoms with Crippen LogP contribution < -0.4 is 10.1 Å². The number of nitrogens with one attached hydrogen (secondary N) is 1. The van der Waals surface area contributed by atoms with Gasteiger partial charge in [0.25, 0.3) is 0 Å². The molecule has 0 fully saturated rings. The molecule has 0 heterocycles. The minimum absolute atomic E-state index is 0.00759. The van der Waals surface area contributed by atoms with Gasteiger partial charge in [-0.2, -0.15) is 0 Å². The molecule has 0 saturated heterocycles. The number of rotatable bonds is 12. The van der Waals surface area contributed by atoms with Crippen molar-refractivity contribution in [1.29, 1.82) is 0 Å². The van der Waals surface area contributed by atoms with E-state index >= 15 is 0 Å². The minimum Gasteiger partial charge on any atom is -0.489 e. The Morgan fingerprint density at radius 2 is 1.38 bits per heavy atom. The number of amides is 1. The van der Waals surface area contributed by atoms with Crippen molar-refractivity contribution in [1.82, 2.24) is 5.32 Å². The molecule has 0 unspecified atom stereocenters. The first-order chi connectivity index (χ1) is 17.5. The second kappa shape index (κ2) is 14.0. The number of hydrogen-bond donors (Lipinski definition) is 1. The lowest BCUT2D eigenvalue weighted by atomic mass is 9.93. The molecule has 9 nitrogen and oxygen atoms in total. The zero-order valence-electron chi connectivity index (χ0n) is 21.9. The van der Waals surface area contributed by atoms with Gasteiger partial charge in [-0.05, 0) is 64.3 Å². The van der Waals surface area contributed by atoms with Crippen molar-refractivity contribution in [2.45, 2.75) is 59.3 Å². The molecule has 200 valence electrons. The Hall–Kier alpha value is -3.88. The third kappa shape index (κ3) is 9.95. The number of esters is 2. The fraction of sp³-hybridized carbons (Fsp3) is 0.429.